The van der Waals surface area contributed by atoms with Crippen molar-refractivity contribution >= 4 is 17.0 Å². The van der Waals surface area contributed by atoms with Gasteiger partial charge in [0.1, 0.15) is 0 Å². The lowest BCUT2D eigenvalue weighted by molar-refractivity contribution is 0.0981. The molecule has 3 heteroatoms. The molecule has 0 aliphatic heterocycles. The van der Waals surface area contributed by atoms with E-state index in [-0.39, 0.29) is 5.78 Å². The number of benzene rings is 1. The molecule has 1 aromatic carbocycles. The van der Waals surface area contributed by atoms with Gasteiger partial charge in [0.25, 0.3) is 0 Å². The summed E-state index contributed by atoms with van der Waals surface area (Å²) in [5.74, 6) is 0.766. The average Bonchev–Trinajstić information content (AvgIpc) is 2.69. The molecule has 0 radical (unpaired) electrons. The summed E-state index contributed by atoms with van der Waals surface area (Å²) in [4.78, 5) is 12.3. The zero-order chi connectivity index (χ0) is 21.6. The molecule has 0 aliphatic carbocycles. The minimum atomic E-state index is 0.202. The molecule has 162 valence electrons. The van der Waals surface area contributed by atoms with E-state index in [0.717, 1.165) is 60.2 Å². The maximum atomic E-state index is 12.3. The molecule has 0 amide bonds. The minimum absolute atomic E-state index is 0.202. The Morgan fingerprint density at radius 1 is 0.931 bits per heavy atom. The van der Waals surface area contributed by atoms with Crippen molar-refractivity contribution in [3.63, 3.8) is 0 Å². The van der Waals surface area contributed by atoms with Gasteiger partial charge < -0.3 is 10.4 Å². The highest BCUT2D eigenvalue weighted by atomic mass is 16.3. The number of aliphatic hydroxyl groups excluding tert-OH is 1. The molecule has 0 saturated heterocycles. The topological polar surface area (TPSA) is 49.3 Å². The second kappa shape index (κ2) is 14.0. The van der Waals surface area contributed by atoms with Crippen LogP contribution in [0.2, 0.25) is 0 Å². The number of rotatable bonds is 15. The summed E-state index contributed by atoms with van der Waals surface area (Å²) < 4.78 is 0. The molecule has 0 aromatic heterocycles. The zero-order valence-electron chi connectivity index (χ0n) is 19.1. The third-order valence-electron chi connectivity index (χ3n) is 5.25. The van der Waals surface area contributed by atoms with Gasteiger partial charge >= 0.3 is 0 Å². The number of allylic oxidation sites excluding steroid dienone is 3. The van der Waals surface area contributed by atoms with Crippen LogP contribution in [-0.2, 0) is 0 Å². The molecule has 1 rings (SSSR count). The number of Topliss-reactive ketones (excluding diaryl/α,β-unsaturated/α-hetero) is 1. The first-order chi connectivity index (χ1) is 13.9. The number of carbonyl (C=O) groups excluding carboxylic acids is 1. The van der Waals surface area contributed by atoms with Gasteiger partial charge in [0, 0.05) is 30.6 Å². The van der Waals surface area contributed by atoms with Gasteiger partial charge in [-0.2, -0.15) is 0 Å². The van der Waals surface area contributed by atoms with Crippen LogP contribution in [0, 0.1) is 0 Å². The van der Waals surface area contributed by atoms with E-state index in [1.807, 2.05) is 39.8 Å². The molecule has 0 unspecified atom stereocenters. The first-order valence-electron chi connectivity index (χ1n) is 11.3. The van der Waals surface area contributed by atoms with Crippen LogP contribution in [0.1, 0.15) is 108 Å². The molecule has 1 aromatic rings. The van der Waals surface area contributed by atoms with Crippen molar-refractivity contribution < 1.29 is 9.90 Å². The number of hydrogen-bond acceptors (Lipinski definition) is 3. The lowest BCUT2D eigenvalue weighted by atomic mass is 9.96. The van der Waals surface area contributed by atoms with Crippen molar-refractivity contribution in [2.24, 2.45) is 0 Å². The quantitative estimate of drug-likeness (QED) is 0.178. The summed E-state index contributed by atoms with van der Waals surface area (Å²) in [6.45, 7) is 12.9. The lowest BCUT2D eigenvalue weighted by Crippen LogP contribution is -2.06. The summed E-state index contributed by atoms with van der Waals surface area (Å²) in [6, 6.07) is 6.02. The molecular formula is C26H41NO2. The standard InChI is InChI=1S/C26H41NO2/c1-6-14-26(29)23-17-16-22(19-24(23)20(2)3)27-18-13-11-9-7-8-10-12-15-25(28)21(4)5/h16-17,19,27-28H,2,6-15,18H2,1,3-5H3. The van der Waals surface area contributed by atoms with Gasteiger partial charge in [-0.05, 0) is 69.4 Å². The first-order valence-corrected chi connectivity index (χ1v) is 11.3. The maximum absolute atomic E-state index is 12.3. The summed E-state index contributed by atoms with van der Waals surface area (Å²) in [5, 5.41) is 13.2. The van der Waals surface area contributed by atoms with Crippen molar-refractivity contribution in [2.45, 2.75) is 91.9 Å². The largest absolute Gasteiger partial charge is 0.512 e. The zero-order valence-corrected chi connectivity index (χ0v) is 19.1. The summed E-state index contributed by atoms with van der Waals surface area (Å²) >= 11 is 0. The van der Waals surface area contributed by atoms with Crippen LogP contribution in [0.5, 0.6) is 0 Å². The van der Waals surface area contributed by atoms with Gasteiger partial charge in [0.2, 0.25) is 0 Å². The Balaban J connectivity index is 2.26. The van der Waals surface area contributed by atoms with Crippen molar-refractivity contribution in [1.82, 2.24) is 0 Å². The third kappa shape index (κ3) is 9.83. The SMILES string of the molecule is C=C(C)c1cc(NCCCCCCCCCC(O)=C(C)C)ccc1C(=O)CCC. The average molecular weight is 400 g/mol. The van der Waals surface area contributed by atoms with Crippen LogP contribution in [0.15, 0.2) is 36.1 Å². The Bertz CT molecular complexity index is 684. The van der Waals surface area contributed by atoms with E-state index < -0.39 is 0 Å². The predicted octanol–water partition coefficient (Wildman–Crippen LogP) is 8.09. The van der Waals surface area contributed by atoms with Gasteiger partial charge in [0.05, 0.1) is 5.76 Å². The van der Waals surface area contributed by atoms with E-state index in [0.29, 0.717) is 12.2 Å². The van der Waals surface area contributed by atoms with E-state index in [4.69, 9.17) is 0 Å². The fourth-order valence-corrected chi connectivity index (χ4v) is 3.40. The highest BCUT2D eigenvalue weighted by Gasteiger charge is 2.11. The smallest absolute Gasteiger partial charge is 0.163 e. The summed E-state index contributed by atoms with van der Waals surface area (Å²) in [6.07, 6.45) is 10.7. The second-order valence-electron chi connectivity index (χ2n) is 8.31. The number of aliphatic hydroxyl groups is 1. The summed E-state index contributed by atoms with van der Waals surface area (Å²) in [5.41, 5.74) is 4.80. The van der Waals surface area contributed by atoms with Crippen molar-refractivity contribution in [2.75, 3.05) is 11.9 Å². The first kappa shape index (κ1) is 25.0. The van der Waals surface area contributed by atoms with E-state index in [1.54, 1.807) is 0 Å². The Morgan fingerprint density at radius 3 is 2.14 bits per heavy atom. The van der Waals surface area contributed by atoms with E-state index >= 15 is 0 Å². The van der Waals surface area contributed by atoms with Crippen molar-refractivity contribution in [3.05, 3.63) is 47.2 Å². The number of hydrogen-bond donors (Lipinski definition) is 2. The van der Waals surface area contributed by atoms with Gasteiger partial charge in [-0.15, -0.1) is 0 Å². The summed E-state index contributed by atoms with van der Waals surface area (Å²) in [7, 11) is 0. The Labute approximate surface area is 178 Å². The molecule has 0 spiro atoms. The molecule has 0 atom stereocenters. The van der Waals surface area contributed by atoms with Crippen LogP contribution in [-0.4, -0.2) is 17.4 Å². The molecule has 0 fully saturated rings. The van der Waals surface area contributed by atoms with E-state index in [1.165, 1.54) is 32.1 Å². The number of unbranched alkanes of at least 4 members (excludes halogenated alkanes) is 6. The molecular weight excluding hydrogens is 358 g/mol. The third-order valence-corrected chi connectivity index (χ3v) is 5.25. The van der Waals surface area contributed by atoms with Crippen LogP contribution >= 0.6 is 0 Å². The molecule has 0 bridgehead atoms. The van der Waals surface area contributed by atoms with Gasteiger partial charge in [-0.3, -0.25) is 4.79 Å². The lowest BCUT2D eigenvalue weighted by Gasteiger charge is -2.12. The van der Waals surface area contributed by atoms with Gasteiger partial charge in [0.15, 0.2) is 5.78 Å². The molecule has 0 saturated carbocycles. The van der Waals surface area contributed by atoms with Crippen molar-refractivity contribution in [1.29, 1.82) is 0 Å². The van der Waals surface area contributed by atoms with E-state index in [9.17, 15) is 9.90 Å². The van der Waals surface area contributed by atoms with Gasteiger partial charge in [-0.1, -0.05) is 51.2 Å². The van der Waals surface area contributed by atoms with Crippen molar-refractivity contribution in [3.8, 4) is 0 Å². The number of carbonyl (C=O) groups is 1. The number of nitrogens with one attached hydrogen (secondary N) is 1. The second-order valence-corrected chi connectivity index (χ2v) is 8.31. The molecule has 29 heavy (non-hydrogen) atoms. The fraction of sp³-hybridized carbons (Fsp3) is 0.577. The number of ketones is 1. The highest BCUT2D eigenvalue weighted by molar-refractivity contribution is 6.01. The molecule has 0 heterocycles. The van der Waals surface area contributed by atoms with E-state index in [2.05, 4.69) is 18.0 Å². The van der Waals surface area contributed by atoms with Crippen LogP contribution in [0.25, 0.3) is 5.57 Å². The molecule has 0 aliphatic rings. The van der Waals surface area contributed by atoms with Crippen LogP contribution in [0.3, 0.4) is 0 Å². The Kier molecular flexibility index (Phi) is 12.1. The van der Waals surface area contributed by atoms with Gasteiger partial charge in [-0.25, -0.2) is 0 Å². The molecule has 2 N–H and O–H groups in total. The maximum Gasteiger partial charge on any atom is 0.163 e. The van der Waals surface area contributed by atoms with Crippen LogP contribution < -0.4 is 5.32 Å². The fourth-order valence-electron chi connectivity index (χ4n) is 3.40. The normalized spacial score (nSPS) is 10.6. The van der Waals surface area contributed by atoms with Crippen LogP contribution in [0.4, 0.5) is 5.69 Å². The monoisotopic (exact) mass is 399 g/mol. The number of anilines is 1. The predicted molar refractivity (Wildman–Crippen MR) is 127 cm³/mol. The Hall–Kier alpha value is -2.03. The Morgan fingerprint density at radius 2 is 1.55 bits per heavy atom. The minimum Gasteiger partial charge on any atom is -0.512 e. The highest BCUT2D eigenvalue weighted by Crippen LogP contribution is 2.24. The molecule has 3 nitrogen and oxygen atoms in total.